The zero-order valence-electron chi connectivity index (χ0n) is 42.3. The number of alkyl halides is 6. The number of aromatic nitrogens is 3. The normalized spacial score (nSPS) is 21.6. The third-order valence-corrected chi connectivity index (χ3v) is 13.1. The van der Waals surface area contributed by atoms with Crippen molar-refractivity contribution in [1.29, 1.82) is 0 Å². The Kier molecular flexibility index (Phi) is 20.4. The molecular formula is C53H65ClF6N6O8. The lowest BCUT2D eigenvalue weighted by atomic mass is 9.84. The summed E-state index contributed by atoms with van der Waals surface area (Å²) < 4.78 is 111. The molecule has 14 nitrogen and oxygen atoms in total. The second-order valence-corrected chi connectivity index (χ2v) is 18.9. The number of rotatable bonds is 14. The number of fused-ring (bicyclic) bond motifs is 4. The number of methoxy groups -OCH3 is 2. The predicted octanol–water partition coefficient (Wildman–Crippen LogP) is 7.73. The molecule has 7 heterocycles. The van der Waals surface area contributed by atoms with Crippen molar-refractivity contribution in [2.24, 2.45) is 0 Å². The molecule has 4 fully saturated rings. The van der Waals surface area contributed by atoms with Gasteiger partial charge in [-0.25, -0.2) is 9.55 Å². The first-order chi connectivity index (χ1) is 34.9. The summed E-state index contributed by atoms with van der Waals surface area (Å²) in [5.41, 5.74) is 1.65. The third kappa shape index (κ3) is 15.7. The van der Waals surface area contributed by atoms with Crippen LogP contribution < -0.4 is 45.7 Å². The molecule has 0 spiro atoms. The summed E-state index contributed by atoms with van der Waals surface area (Å²) in [5.74, 6) is 3.41. The van der Waals surface area contributed by atoms with E-state index in [9.17, 15) is 31.5 Å². The summed E-state index contributed by atoms with van der Waals surface area (Å²) in [6, 6.07) is 20.8. The van der Waals surface area contributed by atoms with E-state index in [1.54, 1.807) is 36.2 Å². The number of hydrogen-bond donors (Lipinski definition) is 1. The molecular weight excluding hydrogens is 998 g/mol. The molecule has 404 valence electrons. The van der Waals surface area contributed by atoms with E-state index in [4.69, 9.17) is 33.3 Å². The van der Waals surface area contributed by atoms with Gasteiger partial charge in [-0.15, -0.1) is 5.06 Å². The molecule has 0 radical (unpaired) electrons. The van der Waals surface area contributed by atoms with Crippen LogP contribution >= 0.6 is 0 Å². The maximum atomic E-state index is 12.8. The van der Waals surface area contributed by atoms with Gasteiger partial charge in [0, 0.05) is 114 Å². The summed E-state index contributed by atoms with van der Waals surface area (Å²) >= 11 is 0. The van der Waals surface area contributed by atoms with Crippen LogP contribution in [0.4, 0.5) is 32.0 Å². The van der Waals surface area contributed by atoms with Gasteiger partial charge in [-0.2, -0.15) is 31.4 Å². The molecule has 0 saturated carbocycles. The fraction of sp³-hybridized carbons (Fsp3) is 0.491. The molecule has 4 aliphatic heterocycles. The highest BCUT2D eigenvalue weighted by atomic mass is 35.5. The van der Waals surface area contributed by atoms with Crippen molar-refractivity contribution in [2.45, 2.75) is 127 Å². The third-order valence-electron chi connectivity index (χ3n) is 13.1. The number of ether oxygens (including phenoxy) is 6. The number of piperidine rings is 4. The average Bonchev–Trinajstić information content (AvgIpc) is 3.34. The minimum Gasteiger partial charge on any atom is -1.00 e. The van der Waals surface area contributed by atoms with Crippen LogP contribution in [0.15, 0.2) is 97.6 Å². The molecule has 4 bridgehead atoms. The number of halogens is 7. The van der Waals surface area contributed by atoms with Gasteiger partial charge in [-0.1, -0.05) is 25.0 Å². The van der Waals surface area contributed by atoms with E-state index < -0.39 is 23.5 Å². The molecule has 0 amide bonds. The fourth-order valence-corrected chi connectivity index (χ4v) is 9.48. The summed E-state index contributed by atoms with van der Waals surface area (Å²) in [6.45, 7) is 4.36. The van der Waals surface area contributed by atoms with E-state index in [0.29, 0.717) is 17.3 Å². The number of pyridine rings is 3. The lowest BCUT2D eigenvalue weighted by Gasteiger charge is -2.46. The Morgan fingerprint density at radius 2 is 1.08 bits per heavy atom. The fourth-order valence-electron chi connectivity index (χ4n) is 9.48. The maximum Gasteiger partial charge on any atom is 0.420 e. The van der Waals surface area contributed by atoms with Crippen LogP contribution in [0.1, 0.15) is 86.5 Å². The summed E-state index contributed by atoms with van der Waals surface area (Å²) in [5, 5.41) is 13.6. The monoisotopic (exact) mass is 1060 g/mol. The number of anilines is 1. The quantitative estimate of drug-likeness (QED) is 0.0664. The number of aryl methyl sites for hydroxylation is 2. The first kappa shape index (κ1) is 57.6. The van der Waals surface area contributed by atoms with Crippen LogP contribution in [0.2, 0.25) is 0 Å². The molecule has 2 unspecified atom stereocenters. The molecule has 1 N–H and O–H groups in total. The number of nitrogens with zero attached hydrogens (tertiary/aromatic N) is 6. The molecule has 3 aromatic heterocycles. The van der Waals surface area contributed by atoms with E-state index in [2.05, 4.69) is 9.97 Å². The van der Waals surface area contributed by atoms with Crippen molar-refractivity contribution in [2.75, 3.05) is 46.8 Å². The Labute approximate surface area is 434 Å². The Morgan fingerprint density at radius 1 is 0.622 bits per heavy atom. The second kappa shape index (κ2) is 26.2. The van der Waals surface area contributed by atoms with Crippen molar-refractivity contribution < 1.29 is 81.8 Å². The molecule has 21 heteroatoms. The van der Waals surface area contributed by atoms with E-state index in [1.165, 1.54) is 18.6 Å². The first-order valence-electron chi connectivity index (χ1n) is 24.4. The van der Waals surface area contributed by atoms with Crippen molar-refractivity contribution in [3.63, 3.8) is 0 Å². The zero-order valence-corrected chi connectivity index (χ0v) is 43.1. The first-order valence-corrected chi connectivity index (χ1v) is 24.4. The highest BCUT2D eigenvalue weighted by Crippen LogP contribution is 2.40. The van der Waals surface area contributed by atoms with E-state index >= 15 is 0 Å². The SMILES string of the molecule is CN(C)c1cc[n+](-c2ccc(C(F)(F)F)cn2)cc1.COCOc1cc(C)ccc1OC1C[C@H]2CCC[C@@H](C1)N2O.COCOc1cc(C)ccc1OC1C[C@H]2CCC[C@@H](C1)N2Oc1ccc(C(F)(F)F)cn1.[Cl-]. The largest absolute Gasteiger partial charge is 1.00 e. The van der Waals surface area contributed by atoms with Gasteiger partial charge >= 0.3 is 18.2 Å². The average molecular weight is 1060 g/mol. The van der Waals surface area contributed by atoms with E-state index in [1.807, 2.05) is 86.4 Å². The Hall–Kier alpha value is -5.64. The lowest BCUT2D eigenvalue weighted by molar-refractivity contribution is -0.599. The van der Waals surface area contributed by atoms with Gasteiger partial charge in [0.25, 0.3) is 0 Å². The summed E-state index contributed by atoms with van der Waals surface area (Å²) in [4.78, 5) is 15.6. The minimum atomic E-state index is -4.42. The molecule has 4 aliphatic rings. The highest BCUT2D eigenvalue weighted by Gasteiger charge is 2.42. The van der Waals surface area contributed by atoms with Crippen molar-refractivity contribution in [3.8, 4) is 34.7 Å². The lowest BCUT2D eigenvalue weighted by Crippen LogP contribution is -3.00. The van der Waals surface area contributed by atoms with Crippen LogP contribution in [0, 0.1) is 13.8 Å². The van der Waals surface area contributed by atoms with Crippen LogP contribution in [-0.4, -0.2) is 104 Å². The molecule has 74 heavy (non-hydrogen) atoms. The number of benzene rings is 2. The smallest absolute Gasteiger partial charge is 0.420 e. The van der Waals surface area contributed by atoms with Gasteiger partial charge in [-0.3, -0.25) is 0 Å². The van der Waals surface area contributed by atoms with Gasteiger partial charge in [0.2, 0.25) is 5.88 Å². The standard InChI is InChI=1S/C23H27F3N2O4.C17H25NO4.C13H13F3N3.ClH/c1-15-6-8-20(21(10-15)30-14-29-2)31-19-11-17-4-3-5-18(12-19)28(17)32-22-9-7-16(13-27-22)23(24,25)26;1-12-6-7-16(17(8-12)21-11-20-2)22-15-9-13-4-3-5-14(10-15)18(13)19;1-18(2)11-5-7-19(8-6-11)12-4-3-10(9-17-12)13(14,15)16;/h6-10,13,17-19H,3-5,11-12,14H2,1-2H3;6-8,13-15,19H,3-5,9-11H2,1-2H3;3-9H,1-2H3;1H/q;;+1;/p-1/t17-,18+,19?;13-,14+,15?;;. The van der Waals surface area contributed by atoms with Crippen LogP contribution in [0.3, 0.4) is 0 Å². The van der Waals surface area contributed by atoms with Gasteiger partial charge in [0.1, 0.15) is 12.2 Å². The highest BCUT2D eigenvalue weighted by molar-refractivity contribution is 5.44. The zero-order chi connectivity index (χ0) is 52.3. The van der Waals surface area contributed by atoms with E-state index in [-0.39, 0.29) is 68.2 Å². The van der Waals surface area contributed by atoms with Crippen molar-refractivity contribution >= 4 is 5.69 Å². The predicted molar refractivity (Wildman–Crippen MR) is 258 cm³/mol. The second-order valence-electron chi connectivity index (χ2n) is 18.9. The number of hydrogen-bond acceptors (Lipinski definition) is 13. The molecule has 5 aromatic rings. The van der Waals surface area contributed by atoms with E-state index in [0.717, 1.165) is 111 Å². The topological polar surface area (TPSA) is 124 Å². The van der Waals surface area contributed by atoms with Gasteiger partial charge < -0.3 is 55.8 Å². The Morgan fingerprint density at radius 3 is 1.50 bits per heavy atom. The van der Waals surface area contributed by atoms with Crippen LogP contribution in [0.25, 0.3) is 5.82 Å². The molecule has 6 atom stereocenters. The summed E-state index contributed by atoms with van der Waals surface area (Å²) in [7, 11) is 7.00. The van der Waals surface area contributed by atoms with Crippen LogP contribution in [0.5, 0.6) is 28.9 Å². The maximum absolute atomic E-state index is 12.8. The van der Waals surface area contributed by atoms with Crippen molar-refractivity contribution in [3.05, 3.63) is 120 Å². The van der Waals surface area contributed by atoms with Gasteiger partial charge in [0.05, 0.1) is 23.5 Å². The summed E-state index contributed by atoms with van der Waals surface area (Å²) in [6.07, 6.45) is 5.95. The van der Waals surface area contributed by atoms with Gasteiger partial charge in [0.15, 0.2) is 42.8 Å². The van der Waals surface area contributed by atoms with Crippen molar-refractivity contribution in [1.82, 2.24) is 20.1 Å². The molecule has 9 rings (SSSR count). The molecule has 2 aromatic carbocycles. The minimum absolute atomic E-state index is 0. The van der Waals surface area contributed by atoms with Gasteiger partial charge in [-0.05, 0) is 92.0 Å². The Balaban J connectivity index is 0.000000187. The number of hydroxylamine groups is 4. The molecule has 0 aliphatic carbocycles. The van der Waals surface area contributed by atoms with Crippen LogP contribution in [-0.2, 0) is 21.8 Å². The molecule has 4 saturated heterocycles. The Bertz CT molecular complexity index is 2480.